The highest BCUT2D eigenvalue weighted by Crippen LogP contribution is 2.23. The summed E-state index contributed by atoms with van der Waals surface area (Å²) in [5, 5.41) is 10.6. The second-order valence-electron chi connectivity index (χ2n) is 3.48. The first kappa shape index (κ1) is 11.5. The predicted octanol–water partition coefficient (Wildman–Crippen LogP) is 3.72. The van der Waals surface area contributed by atoms with E-state index >= 15 is 0 Å². The Hall–Kier alpha value is -2.01. The molecule has 1 aromatic heterocycles. The number of para-hydroxylation sites is 1. The van der Waals surface area contributed by atoms with E-state index in [0.717, 1.165) is 27.5 Å². The van der Waals surface area contributed by atoms with Crippen LogP contribution in [0.15, 0.2) is 41.4 Å². The van der Waals surface area contributed by atoms with Crippen molar-refractivity contribution in [3.63, 3.8) is 0 Å². The maximum atomic E-state index is 10.5. The van der Waals surface area contributed by atoms with Crippen molar-refractivity contribution >= 4 is 28.2 Å². The number of hydrogen-bond donors (Lipinski definition) is 0. The van der Waals surface area contributed by atoms with Gasteiger partial charge in [-0.05, 0) is 24.6 Å². The van der Waals surface area contributed by atoms with E-state index in [9.17, 15) is 10.1 Å². The molecule has 0 aliphatic heterocycles. The third-order valence-electron chi connectivity index (χ3n) is 2.24. The van der Waals surface area contributed by atoms with Crippen molar-refractivity contribution in [2.24, 2.45) is 4.99 Å². The summed E-state index contributed by atoms with van der Waals surface area (Å²) in [6.45, 7) is 1.98. The van der Waals surface area contributed by atoms with Gasteiger partial charge in [-0.1, -0.05) is 29.5 Å². The Balaban J connectivity index is 2.20. The Bertz CT molecular complexity index is 575. The van der Waals surface area contributed by atoms with Crippen molar-refractivity contribution in [3.05, 3.63) is 57.0 Å². The molecule has 17 heavy (non-hydrogen) atoms. The summed E-state index contributed by atoms with van der Waals surface area (Å²) in [5.74, 6) is 0. The maximum Gasteiger partial charge on any atom is 0.324 e. The minimum atomic E-state index is -0.393. The molecule has 0 atom stereocenters. The summed E-state index contributed by atoms with van der Waals surface area (Å²) in [5.41, 5.74) is 1.96. The molecular weight excluding hydrogens is 236 g/mol. The molecule has 86 valence electrons. The molecule has 0 saturated heterocycles. The molecule has 2 rings (SSSR count). The molecule has 1 aromatic carbocycles. The van der Waals surface area contributed by atoms with Crippen molar-refractivity contribution in [1.29, 1.82) is 0 Å². The van der Waals surface area contributed by atoms with Crippen LogP contribution >= 0.6 is 11.3 Å². The van der Waals surface area contributed by atoms with Gasteiger partial charge in [0.15, 0.2) is 0 Å². The zero-order valence-electron chi connectivity index (χ0n) is 9.16. The molecule has 1 heterocycles. The van der Waals surface area contributed by atoms with Gasteiger partial charge >= 0.3 is 5.00 Å². The van der Waals surface area contributed by atoms with Crippen molar-refractivity contribution in [2.75, 3.05) is 0 Å². The van der Waals surface area contributed by atoms with Crippen LogP contribution in [-0.2, 0) is 0 Å². The van der Waals surface area contributed by atoms with Crippen LogP contribution in [0.2, 0.25) is 0 Å². The molecule has 0 aliphatic carbocycles. The van der Waals surface area contributed by atoms with Crippen molar-refractivity contribution in [3.8, 4) is 0 Å². The van der Waals surface area contributed by atoms with Gasteiger partial charge in [-0.3, -0.25) is 15.1 Å². The van der Waals surface area contributed by atoms with Gasteiger partial charge in [-0.2, -0.15) is 0 Å². The Morgan fingerprint density at radius 1 is 1.29 bits per heavy atom. The summed E-state index contributed by atoms with van der Waals surface area (Å²) >= 11 is 1.12. The minimum absolute atomic E-state index is 0.135. The molecule has 5 heteroatoms. The van der Waals surface area contributed by atoms with Crippen LogP contribution in [0.5, 0.6) is 0 Å². The van der Waals surface area contributed by atoms with Gasteiger partial charge in [0.2, 0.25) is 0 Å². The Kier molecular flexibility index (Phi) is 3.30. The number of aliphatic imine (C=N–C) groups is 1. The molecule has 0 aliphatic rings. The molecule has 2 aromatic rings. The minimum Gasteiger partial charge on any atom is -0.258 e. The molecule has 0 unspecified atom stereocenters. The van der Waals surface area contributed by atoms with Crippen LogP contribution in [0.25, 0.3) is 0 Å². The summed E-state index contributed by atoms with van der Waals surface area (Å²) in [7, 11) is 0. The summed E-state index contributed by atoms with van der Waals surface area (Å²) in [6.07, 6.45) is 1.65. The second kappa shape index (κ2) is 4.88. The molecule has 0 spiro atoms. The van der Waals surface area contributed by atoms with Crippen LogP contribution in [0.3, 0.4) is 0 Å². The lowest BCUT2D eigenvalue weighted by Crippen LogP contribution is -1.80. The zero-order chi connectivity index (χ0) is 12.3. The first-order chi connectivity index (χ1) is 8.16. The van der Waals surface area contributed by atoms with E-state index in [2.05, 4.69) is 4.99 Å². The van der Waals surface area contributed by atoms with Crippen LogP contribution in [-0.4, -0.2) is 11.1 Å². The number of hydrogen-bond acceptors (Lipinski definition) is 4. The van der Waals surface area contributed by atoms with Crippen molar-refractivity contribution in [1.82, 2.24) is 0 Å². The number of benzene rings is 1. The van der Waals surface area contributed by atoms with E-state index in [-0.39, 0.29) is 5.00 Å². The lowest BCUT2D eigenvalue weighted by molar-refractivity contribution is -0.380. The van der Waals surface area contributed by atoms with Gasteiger partial charge in [-0.15, -0.1) is 0 Å². The standard InChI is InChI=1S/C12H10N2O2S/c1-9-4-2-3-5-11(9)13-8-10-6-7-12(17-10)14(15)16/h2-8H,1H3. The number of aryl methyl sites for hydroxylation is 1. The fourth-order valence-electron chi connectivity index (χ4n) is 1.35. The average molecular weight is 246 g/mol. The quantitative estimate of drug-likeness (QED) is 0.471. The Morgan fingerprint density at radius 3 is 2.71 bits per heavy atom. The largest absolute Gasteiger partial charge is 0.324 e. The van der Waals surface area contributed by atoms with Gasteiger partial charge < -0.3 is 0 Å². The van der Waals surface area contributed by atoms with E-state index in [1.165, 1.54) is 6.07 Å². The van der Waals surface area contributed by atoms with Crippen molar-refractivity contribution in [2.45, 2.75) is 6.92 Å². The highest BCUT2D eigenvalue weighted by Gasteiger charge is 2.07. The SMILES string of the molecule is Cc1ccccc1N=Cc1ccc([N+](=O)[O-])s1. The first-order valence-corrected chi connectivity index (χ1v) is 5.82. The smallest absolute Gasteiger partial charge is 0.258 e. The lowest BCUT2D eigenvalue weighted by Gasteiger charge is -1.96. The molecule has 0 bridgehead atoms. The van der Waals surface area contributed by atoms with Crippen molar-refractivity contribution < 1.29 is 4.92 Å². The van der Waals surface area contributed by atoms with E-state index in [1.807, 2.05) is 31.2 Å². The van der Waals surface area contributed by atoms with E-state index in [4.69, 9.17) is 0 Å². The molecule has 0 saturated carbocycles. The fraction of sp³-hybridized carbons (Fsp3) is 0.0833. The molecule has 0 fully saturated rings. The van der Waals surface area contributed by atoms with Crippen LogP contribution in [0, 0.1) is 17.0 Å². The number of nitrogens with zero attached hydrogens (tertiary/aromatic N) is 2. The normalized spacial score (nSPS) is 10.9. The number of rotatable bonds is 3. The molecule has 0 radical (unpaired) electrons. The monoisotopic (exact) mass is 246 g/mol. The second-order valence-corrected chi connectivity index (χ2v) is 4.57. The van der Waals surface area contributed by atoms with E-state index < -0.39 is 4.92 Å². The fourth-order valence-corrected chi connectivity index (χ4v) is 2.04. The van der Waals surface area contributed by atoms with Gasteiger partial charge in [0.25, 0.3) is 0 Å². The van der Waals surface area contributed by atoms with Gasteiger partial charge in [0.05, 0.1) is 15.5 Å². The molecule has 0 N–H and O–H groups in total. The third-order valence-corrected chi connectivity index (χ3v) is 3.21. The highest BCUT2D eigenvalue weighted by atomic mass is 32.1. The van der Waals surface area contributed by atoms with Gasteiger partial charge in [-0.25, -0.2) is 0 Å². The first-order valence-electron chi connectivity index (χ1n) is 5.01. The molecule has 4 nitrogen and oxygen atoms in total. The lowest BCUT2D eigenvalue weighted by atomic mass is 10.2. The van der Waals surface area contributed by atoms with Crippen LogP contribution in [0.1, 0.15) is 10.4 Å². The Labute approximate surface area is 102 Å². The number of nitro groups is 1. The molecular formula is C12H10N2O2S. The highest BCUT2D eigenvalue weighted by molar-refractivity contribution is 7.16. The molecule has 0 amide bonds. The number of thiophene rings is 1. The van der Waals surface area contributed by atoms with E-state index in [0.29, 0.717) is 0 Å². The van der Waals surface area contributed by atoms with E-state index in [1.54, 1.807) is 12.3 Å². The predicted molar refractivity (Wildman–Crippen MR) is 69.4 cm³/mol. The summed E-state index contributed by atoms with van der Waals surface area (Å²) < 4.78 is 0. The van der Waals surface area contributed by atoms with Crippen LogP contribution in [0.4, 0.5) is 10.7 Å². The van der Waals surface area contributed by atoms with Gasteiger partial charge in [0, 0.05) is 12.3 Å². The average Bonchev–Trinajstić information content (AvgIpc) is 2.77. The van der Waals surface area contributed by atoms with Crippen LogP contribution < -0.4 is 0 Å². The summed E-state index contributed by atoms with van der Waals surface area (Å²) in [6, 6.07) is 10.9. The maximum absolute atomic E-state index is 10.5. The Morgan fingerprint density at radius 2 is 2.06 bits per heavy atom. The third kappa shape index (κ3) is 2.76. The summed E-state index contributed by atoms with van der Waals surface area (Å²) in [4.78, 5) is 15.2. The van der Waals surface area contributed by atoms with Gasteiger partial charge in [0.1, 0.15) is 0 Å². The topological polar surface area (TPSA) is 55.5 Å². The zero-order valence-corrected chi connectivity index (χ0v) is 9.98.